The number of aliphatic carboxylic acids is 2. The minimum atomic E-state index is -1.81. The number of ether oxygens (including phenoxy) is 3. The van der Waals surface area contributed by atoms with Gasteiger partial charge in [-0.15, -0.1) is 0 Å². The smallest absolute Gasteiger partial charge is 0.335 e. The maximum atomic E-state index is 11.3. The van der Waals surface area contributed by atoms with Crippen LogP contribution in [-0.2, 0) is 20.7 Å². The Balaban J connectivity index is 1.75. The first kappa shape index (κ1) is 28.5. The molecule has 1 heterocycles. The van der Waals surface area contributed by atoms with Crippen molar-refractivity contribution in [3.05, 3.63) is 46.6 Å². The molecule has 0 saturated carbocycles. The van der Waals surface area contributed by atoms with Crippen molar-refractivity contribution in [3.63, 3.8) is 0 Å². The molecule has 2 aromatic carbocycles. The third-order valence-electron chi connectivity index (χ3n) is 5.01. The summed E-state index contributed by atoms with van der Waals surface area (Å²) >= 11 is 6.13. The van der Waals surface area contributed by atoms with Gasteiger partial charge >= 0.3 is 11.9 Å². The third kappa shape index (κ3) is 6.84. The van der Waals surface area contributed by atoms with Crippen LogP contribution in [0.5, 0.6) is 17.2 Å². The normalized spacial score (nSPS) is 25.1. The molecule has 0 aliphatic carbocycles. The van der Waals surface area contributed by atoms with E-state index in [9.17, 15) is 30.0 Å². The zero-order valence-corrected chi connectivity index (χ0v) is 24.0. The number of carboxylic acids is 2. The Bertz CT molecular complexity index is 1090. The van der Waals surface area contributed by atoms with Gasteiger partial charge in [0.05, 0.1) is 10.7 Å². The lowest BCUT2D eigenvalue weighted by Crippen LogP contribution is -2.61. The molecular formula is C21H20I3NO10. The first-order valence-electron chi connectivity index (χ1n) is 9.92. The molecule has 1 aliphatic rings. The molecule has 1 fully saturated rings. The second kappa shape index (κ2) is 12.0. The average molecular weight is 827 g/mol. The lowest BCUT2D eigenvalue weighted by molar-refractivity contribution is -0.271. The highest BCUT2D eigenvalue weighted by atomic mass is 127. The van der Waals surface area contributed by atoms with Gasteiger partial charge < -0.3 is 45.5 Å². The lowest BCUT2D eigenvalue weighted by atomic mass is 9.99. The van der Waals surface area contributed by atoms with Crippen LogP contribution in [0.1, 0.15) is 5.56 Å². The maximum Gasteiger partial charge on any atom is 0.335 e. The second-order valence-electron chi connectivity index (χ2n) is 7.58. The van der Waals surface area contributed by atoms with Gasteiger partial charge in [-0.05, 0) is 110 Å². The highest BCUT2D eigenvalue weighted by Crippen LogP contribution is 2.36. The molecule has 0 bridgehead atoms. The van der Waals surface area contributed by atoms with E-state index in [0.29, 0.717) is 15.1 Å². The van der Waals surface area contributed by atoms with Gasteiger partial charge in [0.25, 0.3) is 0 Å². The number of carboxylic acid groups (broad SMARTS) is 2. The van der Waals surface area contributed by atoms with Gasteiger partial charge in [-0.1, -0.05) is 0 Å². The van der Waals surface area contributed by atoms with Crippen LogP contribution in [0.25, 0.3) is 0 Å². The van der Waals surface area contributed by atoms with Crippen molar-refractivity contribution in [1.82, 2.24) is 0 Å². The Morgan fingerprint density at radius 2 is 1.60 bits per heavy atom. The molecule has 6 atom stereocenters. The van der Waals surface area contributed by atoms with E-state index >= 15 is 0 Å². The Labute approximate surface area is 240 Å². The molecule has 7 N–H and O–H groups in total. The minimum absolute atomic E-state index is 0.176. The standard InChI is InChI=1S/C21H20I3NO10/c22-9-6-8(33-17-10(23)3-7(4-11(17)24)5-12(25)19(29)30)1-2-13(9)34-21-16(28)14(26)15(27)18(35-21)20(31)32/h1-4,6,12,14-16,18,21,26-28H,5,25H2,(H,29,30)(H,31,32)/t12-,14-,15-,16+,18-,21+/m0/s1. The molecule has 14 heteroatoms. The maximum absolute atomic E-state index is 11.3. The van der Waals surface area contributed by atoms with Crippen molar-refractivity contribution in [2.75, 3.05) is 0 Å². The molecule has 0 spiro atoms. The van der Waals surface area contributed by atoms with Gasteiger partial charge in [0.2, 0.25) is 6.29 Å². The van der Waals surface area contributed by atoms with E-state index in [0.717, 1.165) is 12.7 Å². The van der Waals surface area contributed by atoms with Gasteiger partial charge in [0, 0.05) is 0 Å². The van der Waals surface area contributed by atoms with Crippen molar-refractivity contribution >= 4 is 79.7 Å². The number of aliphatic hydroxyl groups is 3. The van der Waals surface area contributed by atoms with Crippen LogP contribution in [-0.4, -0.2) is 74.2 Å². The third-order valence-corrected chi connectivity index (χ3v) is 7.46. The molecule has 1 saturated heterocycles. The van der Waals surface area contributed by atoms with E-state index in [1.54, 1.807) is 24.3 Å². The number of halogens is 3. The first-order valence-corrected chi connectivity index (χ1v) is 13.2. The fourth-order valence-corrected chi connectivity index (χ4v) is 5.93. The van der Waals surface area contributed by atoms with Crippen LogP contribution in [0.15, 0.2) is 30.3 Å². The molecule has 0 amide bonds. The number of nitrogens with two attached hydrogens (primary N) is 1. The Morgan fingerprint density at radius 3 is 2.14 bits per heavy atom. The van der Waals surface area contributed by atoms with Gasteiger partial charge in [0.1, 0.15) is 35.9 Å². The van der Waals surface area contributed by atoms with Gasteiger partial charge in [-0.3, -0.25) is 4.79 Å². The fourth-order valence-electron chi connectivity index (χ4n) is 3.20. The summed E-state index contributed by atoms with van der Waals surface area (Å²) in [6, 6.07) is 7.34. The monoisotopic (exact) mass is 827 g/mol. The van der Waals surface area contributed by atoms with Crippen LogP contribution in [0.2, 0.25) is 0 Å². The summed E-state index contributed by atoms with van der Waals surface area (Å²) in [7, 11) is 0. The van der Waals surface area contributed by atoms with Crippen LogP contribution in [0, 0.1) is 10.7 Å². The number of hydrogen-bond acceptors (Lipinski definition) is 9. The zero-order valence-electron chi connectivity index (χ0n) is 17.5. The fraction of sp³-hybridized carbons (Fsp3) is 0.333. The van der Waals surface area contributed by atoms with E-state index < -0.39 is 48.7 Å². The van der Waals surface area contributed by atoms with Crippen molar-refractivity contribution in [1.29, 1.82) is 0 Å². The lowest BCUT2D eigenvalue weighted by Gasteiger charge is -2.38. The van der Waals surface area contributed by atoms with E-state index in [1.807, 2.05) is 22.6 Å². The highest BCUT2D eigenvalue weighted by molar-refractivity contribution is 14.1. The number of carbonyl (C=O) groups is 2. The molecule has 2 aromatic rings. The predicted octanol–water partition coefficient (Wildman–Crippen LogP) is 1.52. The molecule has 11 nitrogen and oxygen atoms in total. The van der Waals surface area contributed by atoms with Crippen LogP contribution in [0.4, 0.5) is 0 Å². The highest BCUT2D eigenvalue weighted by Gasteiger charge is 2.48. The molecule has 3 rings (SSSR count). The summed E-state index contributed by atoms with van der Waals surface area (Å²) in [6.45, 7) is 0. The zero-order chi connectivity index (χ0) is 26.0. The number of hydrogen-bond donors (Lipinski definition) is 6. The Hall–Kier alpha value is -1.03. The topological polar surface area (TPSA) is 189 Å². The summed E-state index contributed by atoms with van der Waals surface area (Å²) in [5, 5.41) is 48.1. The summed E-state index contributed by atoms with van der Waals surface area (Å²) in [4.78, 5) is 22.3. The molecule has 0 aromatic heterocycles. The molecule has 1 aliphatic heterocycles. The SMILES string of the molecule is N[C@@H](Cc1cc(I)c(Oc2ccc(O[C@@H]3O[C@H](C(=O)O)[C@@H](O)[C@H](O)[C@H]3O)c(I)c2)c(I)c1)C(=O)O. The van der Waals surface area contributed by atoms with E-state index in [2.05, 4.69) is 45.2 Å². The van der Waals surface area contributed by atoms with Crippen molar-refractivity contribution in [2.45, 2.75) is 43.2 Å². The van der Waals surface area contributed by atoms with Gasteiger partial charge in [-0.2, -0.15) is 0 Å². The van der Waals surface area contributed by atoms with Crippen LogP contribution >= 0.6 is 67.8 Å². The predicted molar refractivity (Wildman–Crippen MR) is 145 cm³/mol. The number of benzene rings is 2. The van der Waals surface area contributed by atoms with Crippen LogP contribution < -0.4 is 15.2 Å². The van der Waals surface area contributed by atoms with E-state index in [4.69, 9.17) is 25.1 Å². The molecule has 0 unspecified atom stereocenters. The largest absolute Gasteiger partial charge is 0.480 e. The van der Waals surface area contributed by atoms with Gasteiger partial charge in [-0.25, -0.2) is 4.79 Å². The summed E-state index contributed by atoms with van der Waals surface area (Å²) in [5.74, 6) is -1.33. The first-order chi connectivity index (χ1) is 16.4. The second-order valence-corrected chi connectivity index (χ2v) is 11.1. The summed E-state index contributed by atoms with van der Waals surface area (Å²) in [5.41, 5.74) is 6.39. The number of rotatable bonds is 8. The molecule has 0 radical (unpaired) electrons. The summed E-state index contributed by atoms with van der Waals surface area (Å²) in [6.07, 6.45) is -8.38. The summed E-state index contributed by atoms with van der Waals surface area (Å²) < 4.78 is 18.8. The molecule has 35 heavy (non-hydrogen) atoms. The molecular weight excluding hydrogens is 807 g/mol. The van der Waals surface area contributed by atoms with Crippen molar-refractivity contribution in [3.8, 4) is 17.2 Å². The average Bonchev–Trinajstić information content (AvgIpc) is 2.77. The van der Waals surface area contributed by atoms with E-state index in [1.165, 1.54) is 6.07 Å². The Kier molecular flexibility index (Phi) is 9.79. The van der Waals surface area contributed by atoms with Gasteiger partial charge in [0.15, 0.2) is 11.9 Å². The molecule has 190 valence electrons. The Morgan fingerprint density at radius 1 is 0.971 bits per heavy atom. The van der Waals surface area contributed by atoms with Crippen molar-refractivity contribution < 1.29 is 49.3 Å². The van der Waals surface area contributed by atoms with E-state index in [-0.39, 0.29) is 12.2 Å². The number of aliphatic hydroxyl groups excluding tert-OH is 3. The minimum Gasteiger partial charge on any atom is -0.480 e. The van der Waals surface area contributed by atoms with Crippen LogP contribution in [0.3, 0.4) is 0 Å². The van der Waals surface area contributed by atoms with Crippen molar-refractivity contribution in [2.24, 2.45) is 5.73 Å². The quantitative estimate of drug-likeness (QED) is 0.212.